The van der Waals surface area contributed by atoms with Crippen molar-refractivity contribution < 1.29 is 9.53 Å². The summed E-state index contributed by atoms with van der Waals surface area (Å²) in [6.07, 6.45) is 1.60. The average Bonchev–Trinajstić information content (AvgIpc) is 3.43. The highest BCUT2D eigenvalue weighted by molar-refractivity contribution is 14.1. The number of carbonyl (C=O) groups excluding carboxylic acids is 1. The van der Waals surface area contributed by atoms with Crippen LogP contribution in [0.4, 0.5) is 10.8 Å². The van der Waals surface area contributed by atoms with Crippen molar-refractivity contribution in [2.24, 2.45) is 5.10 Å². The Morgan fingerprint density at radius 1 is 1.05 bits per heavy atom. The molecule has 5 aromatic rings. The number of benzene rings is 4. The van der Waals surface area contributed by atoms with Gasteiger partial charge in [0.05, 0.1) is 15.5 Å². The van der Waals surface area contributed by atoms with Gasteiger partial charge in [-0.15, -0.1) is 11.3 Å². The lowest BCUT2D eigenvalue weighted by molar-refractivity contribution is 0.0955. The highest BCUT2D eigenvalue weighted by Gasteiger charge is 2.09. The molecule has 6 nitrogen and oxygen atoms in total. The fourth-order valence-electron chi connectivity index (χ4n) is 3.73. The monoisotopic (exact) mass is 678 g/mol. The number of hydrogen-bond acceptors (Lipinski definition) is 6. The summed E-state index contributed by atoms with van der Waals surface area (Å²) in [6.45, 7) is 2.44. The zero-order valence-electron chi connectivity index (χ0n) is 21.4. The first-order valence-electron chi connectivity index (χ1n) is 12.3. The van der Waals surface area contributed by atoms with Crippen molar-refractivity contribution in [2.75, 3.05) is 5.32 Å². The Hall–Kier alpha value is -3.73. The van der Waals surface area contributed by atoms with E-state index in [1.165, 1.54) is 16.9 Å². The summed E-state index contributed by atoms with van der Waals surface area (Å²) in [5.74, 6) is 0.456. The molecule has 0 saturated carbocycles. The fraction of sp³-hybridized carbons (Fsp3) is 0.0645. The first-order valence-corrected chi connectivity index (χ1v) is 14.7. The number of aryl methyl sites for hydroxylation is 1. The molecule has 2 N–H and O–H groups in total. The molecule has 9 heteroatoms. The number of hydrogen-bond donors (Lipinski definition) is 2. The zero-order valence-corrected chi connectivity index (χ0v) is 25.1. The highest BCUT2D eigenvalue weighted by atomic mass is 127. The Morgan fingerprint density at radius 3 is 2.58 bits per heavy atom. The first-order chi connectivity index (χ1) is 19.4. The third-order valence-corrected chi connectivity index (χ3v) is 7.90. The van der Waals surface area contributed by atoms with Crippen LogP contribution in [0.15, 0.2) is 101 Å². The number of carbonyl (C=O) groups is 1. The average molecular weight is 679 g/mol. The number of amides is 1. The van der Waals surface area contributed by atoms with Crippen LogP contribution in [0.1, 0.15) is 27.0 Å². The van der Waals surface area contributed by atoms with E-state index in [1.54, 1.807) is 18.3 Å². The van der Waals surface area contributed by atoms with Crippen molar-refractivity contribution in [3.8, 4) is 17.0 Å². The van der Waals surface area contributed by atoms with E-state index in [-0.39, 0.29) is 5.91 Å². The van der Waals surface area contributed by atoms with Gasteiger partial charge in [0.1, 0.15) is 12.4 Å². The smallest absolute Gasteiger partial charge is 0.271 e. The van der Waals surface area contributed by atoms with Gasteiger partial charge in [-0.1, -0.05) is 59.6 Å². The van der Waals surface area contributed by atoms with Crippen molar-refractivity contribution in [1.29, 1.82) is 0 Å². The van der Waals surface area contributed by atoms with Gasteiger partial charge in [0, 0.05) is 32.8 Å². The van der Waals surface area contributed by atoms with E-state index in [0.717, 1.165) is 42.5 Å². The zero-order chi connectivity index (χ0) is 27.9. The second kappa shape index (κ2) is 13.1. The number of halogens is 2. The molecule has 40 heavy (non-hydrogen) atoms. The SMILES string of the molecule is Cc1ccc(Nc2nc(-c3ccc(C(=O)N/N=C\c4ccc(OCc5ccccc5Cl)c(I)c4)cc3)cs2)cc1. The second-order valence-corrected chi connectivity index (χ2v) is 11.3. The van der Waals surface area contributed by atoms with E-state index < -0.39 is 0 Å². The number of ether oxygens (including phenoxy) is 1. The molecule has 1 heterocycles. The summed E-state index contributed by atoms with van der Waals surface area (Å²) in [7, 11) is 0. The van der Waals surface area contributed by atoms with Gasteiger partial charge in [-0.2, -0.15) is 5.10 Å². The predicted molar refractivity (Wildman–Crippen MR) is 172 cm³/mol. The van der Waals surface area contributed by atoms with Gasteiger partial charge < -0.3 is 10.1 Å². The molecule has 4 aromatic carbocycles. The summed E-state index contributed by atoms with van der Waals surface area (Å²) < 4.78 is 6.84. The summed E-state index contributed by atoms with van der Waals surface area (Å²) in [4.78, 5) is 17.3. The molecule has 200 valence electrons. The maximum Gasteiger partial charge on any atom is 0.271 e. The number of nitrogens with one attached hydrogen (secondary N) is 2. The predicted octanol–water partition coefficient (Wildman–Crippen LogP) is 8.46. The summed E-state index contributed by atoms with van der Waals surface area (Å²) in [5, 5.41) is 10.9. The number of anilines is 2. The Balaban J connectivity index is 1.14. The number of rotatable bonds is 9. The van der Waals surface area contributed by atoms with Crippen molar-refractivity contribution in [2.45, 2.75) is 13.5 Å². The van der Waals surface area contributed by atoms with E-state index >= 15 is 0 Å². The number of thiazole rings is 1. The van der Waals surface area contributed by atoms with Crippen molar-refractivity contribution >= 4 is 68.5 Å². The van der Waals surface area contributed by atoms with Crippen LogP contribution in [0, 0.1) is 10.5 Å². The van der Waals surface area contributed by atoms with E-state index in [0.29, 0.717) is 17.2 Å². The van der Waals surface area contributed by atoms with Crippen LogP contribution in [-0.2, 0) is 6.61 Å². The van der Waals surface area contributed by atoms with Crippen LogP contribution in [0.5, 0.6) is 5.75 Å². The minimum absolute atomic E-state index is 0.294. The lowest BCUT2D eigenvalue weighted by Crippen LogP contribution is -2.17. The Bertz CT molecular complexity index is 1650. The van der Waals surface area contributed by atoms with Gasteiger partial charge >= 0.3 is 0 Å². The maximum absolute atomic E-state index is 12.6. The third kappa shape index (κ3) is 7.26. The number of nitrogens with zero attached hydrogens (tertiary/aromatic N) is 2. The Kier molecular flexibility index (Phi) is 9.10. The van der Waals surface area contributed by atoms with Crippen LogP contribution in [0.25, 0.3) is 11.3 Å². The molecule has 5 rings (SSSR count). The van der Waals surface area contributed by atoms with Crippen LogP contribution >= 0.6 is 45.5 Å². The molecule has 1 aromatic heterocycles. The van der Waals surface area contributed by atoms with E-state index in [4.69, 9.17) is 16.3 Å². The summed E-state index contributed by atoms with van der Waals surface area (Å²) in [6, 6.07) is 28.8. The number of hydrazone groups is 1. The van der Waals surface area contributed by atoms with E-state index in [1.807, 2.05) is 72.1 Å². The molecule has 0 bridgehead atoms. The van der Waals surface area contributed by atoms with Gasteiger partial charge in [-0.05, 0) is 83.6 Å². The lowest BCUT2D eigenvalue weighted by Gasteiger charge is -2.10. The van der Waals surface area contributed by atoms with Crippen LogP contribution < -0.4 is 15.5 Å². The quantitative estimate of drug-likeness (QED) is 0.0932. The molecule has 0 radical (unpaired) electrons. The summed E-state index contributed by atoms with van der Waals surface area (Å²) >= 11 is 9.95. The van der Waals surface area contributed by atoms with Crippen LogP contribution in [0.2, 0.25) is 5.02 Å². The van der Waals surface area contributed by atoms with Gasteiger partial charge in [-0.3, -0.25) is 4.79 Å². The molecule has 1 amide bonds. The molecule has 0 aliphatic rings. The van der Waals surface area contributed by atoms with Gasteiger partial charge in [0.25, 0.3) is 5.91 Å². The molecule has 0 spiro atoms. The third-order valence-electron chi connectivity index (χ3n) is 5.93. The van der Waals surface area contributed by atoms with Crippen LogP contribution in [-0.4, -0.2) is 17.1 Å². The van der Waals surface area contributed by atoms with Gasteiger partial charge in [0.2, 0.25) is 0 Å². The molecule has 0 fully saturated rings. The normalized spacial score (nSPS) is 11.0. The van der Waals surface area contributed by atoms with Crippen molar-refractivity contribution in [1.82, 2.24) is 10.4 Å². The van der Waals surface area contributed by atoms with Gasteiger partial charge in [0.15, 0.2) is 5.13 Å². The fourth-order valence-corrected chi connectivity index (χ4v) is 5.36. The van der Waals surface area contributed by atoms with Crippen molar-refractivity contribution in [3.05, 3.63) is 127 Å². The summed E-state index contributed by atoms with van der Waals surface area (Å²) in [5.41, 5.74) is 8.83. The van der Waals surface area contributed by atoms with E-state index in [9.17, 15) is 4.79 Å². The van der Waals surface area contributed by atoms with E-state index in [2.05, 4.69) is 62.5 Å². The molecule has 0 aliphatic heterocycles. The molecule has 0 saturated heterocycles. The maximum atomic E-state index is 12.6. The lowest BCUT2D eigenvalue weighted by atomic mass is 10.1. The standard InChI is InChI=1S/C31H24ClIN4O2S/c1-20-6-13-25(14-7-20)35-31-36-28(19-40-31)22-9-11-23(12-10-22)30(38)37-34-17-21-8-15-29(27(33)16-21)39-18-24-4-2-3-5-26(24)32/h2-17,19H,18H2,1H3,(H,35,36)(H,37,38)/b34-17-. The topological polar surface area (TPSA) is 75.6 Å². The first kappa shape index (κ1) is 27.8. The molecule has 0 unspecified atom stereocenters. The highest BCUT2D eigenvalue weighted by Crippen LogP contribution is 2.28. The largest absolute Gasteiger partial charge is 0.488 e. The van der Waals surface area contributed by atoms with Gasteiger partial charge in [-0.25, -0.2) is 10.4 Å². The molecular formula is C31H24ClIN4O2S. The van der Waals surface area contributed by atoms with Crippen molar-refractivity contribution in [3.63, 3.8) is 0 Å². The Morgan fingerprint density at radius 2 is 1.82 bits per heavy atom. The molecule has 0 aliphatic carbocycles. The minimum Gasteiger partial charge on any atom is -0.488 e. The number of aromatic nitrogens is 1. The molecule has 0 atom stereocenters. The van der Waals surface area contributed by atoms with Crippen LogP contribution in [0.3, 0.4) is 0 Å². The molecular weight excluding hydrogens is 655 g/mol. The second-order valence-electron chi connectivity index (χ2n) is 8.88. The minimum atomic E-state index is -0.294. The Labute approximate surface area is 255 Å².